The molecule has 0 aliphatic heterocycles. The van der Waals surface area contributed by atoms with Crippen molar-refractivity contribution in [2.24, 2.45) is 0 Å². The summed E-state index contributed by atoms with van der Waals surface area (Å²) in [5.74, 6) is -0.0327. The van der Waals surface area contributed by atoms with Gasteiger partial charge in [0.25, 0.3) is 5.91 Å². The maximum atomic E-state index is 12.8. The quantitative estimate of drug-likeness (QED) is 0.0747. The van der Waals surface area contributed by atoms with E-state index in [9.17, 15) is 19.2 Å². The second kappa shape index (κ2) is 20.6. The van der Waals surface area contributed by atoms with Gasteiger partial charge in [0.2, 0.25) is 0 Å². The van der Waals surface area contributed by atoms with E-state index in [1.807, 2.05) is 36.4 Å². The number of aliphatic hydroxyl groups is 2. The Morgan fingerprint density at radius 1 is 0.565 bits per heavy atom. The first-order valence-corrected chi connectivity index (χ1v) is 16.2. The van der Waals surface area contributed by atoms with Crippen LogP contribution in [0.15, 0.2) is 72.8 Å². The molecule has 246 valence electrons. The molecule has 0 unspecified atom stereocenters. The van der Waals surface area contributed by atoms with Crippen LogP contribution in [-0.2, 0) is 24.2 Å². The first kappa shape index (κ1) is 36.1. The number of hydrogen-bond acceptors (Lipinski definition) is 6. The summed E-state index contributed by atoms with van der Waals surface area (Å²) in [6, 6.07) is 21.4. The Morgan fingerprint density at radius 3 is 1.83 bits per heavy atom. The summed E-state index contributed by atoms with van der Waals surface area (Å²) in [4.78, 5) is 49.7. The molecule has 3 rings (SSSR count). The minimum Gasteiger partial charge on any atom is -0.396 e. The molecule has 0 heterocycles. The number of nitrogens with one attached hydrogen (secondary N) is 3. The third-order valence-electron chi connectivity index (χ3n) is 7.68. The predicted octanol–water partition coefficient (Wildman–Crippen LogP) is 5.77. The Morgan fingerprint density at radius 2 is 1.15 bits per heavy atom. The first-order chi connectivity index (χ1) is 22.4. The summed E-state index contributed by atoms with van der Waals surface area (Å²) >= 11 is 0. The molecule has 3 aromatic carbocycles. The Labute approximate surface area is 271 Å². The molecule has 3 aromatic rings. The molecule has 0 aromatic heterocycles. The van der Waals surface area contributed by atoms with Gasteiger partial charge in [-0.05, 0) is 79.5 Å². The van der Waals surface area contributed by atoms with E-state index in [1.54, 1.807) is 36.4 Å². The summed E-state index contributed by atoms with van der Waals surface area (Å²) in [6.45, 7) is 1.22. The van der Waals surface area contributed by atoms with Crippen molar-refractivity contribution in [1.82, 2.24) is 10.6 Å². The van der Waals surface area contributed by atoms with Crippen LogP contribution in [-0.4, -0.2) is 53.5 Å². The predicted molar refractivity (Wildman–Crippen MR) is 180 cm³/mol. The number of anilines is 1. The number of Topliss-reactive ketones (excluding diaryl/α,β-unsaturated/α-hetero) is 2. The lowest BCUT2D eigenvalue weighted by molar-refractivity contribution is -0.118. The van der Waals surface area contributed by atoms with E-state index in [2.05, 4.69) is 16.0 Å². The van der Waals surface area contributed by atoms with Crippen LogP contribution in [0.1, 0.15) is 95.2 Å². The fourth-order valence-corrected chi connectivity index (χ4v) is 4.92. The van der Waals surface area contributed by atoms with E-state index >= 15 is 0 Å². The van der Waals surface area contributed by atoms with Crippen molar-refractivity contribution in [2.45, 2.75) is 77.2 Å². The number of ketones is 2. The van der Waals surface area contributed by atoms with E-state index in [1.165, 1.54) is 0 Å². The average molecular weight is 630 g/mol. The lowest BCUT2D eigenvalue weighted by atomic mass is 9.99. The molecule has 0 aliphatic rings. The molecule has 0 fully saturated rings. The normalized spacial score (nSPS) is 10.7. The molecule has 0 spiro atoms. The van der Waals surface area contributed by atoms with Gasteiger partial charge in [-0.2, -0.15) is 0 Å². The van der Waals surface area contributed by atoms with Gasteiger partial charge in [-0.15, -0.1) is 0 Å². The van der Waals surface area contributed by atoms with Crippen LogP contribution in [0.3, 0.4) is 0 Å². The fraction of sp³-hybridized carbons (Fsp3) is 0.405. The van der Waals surface area contributed by atoms with E-state index in [0.717, 1.165) is 61.6 Å². The van der Waals surface area contributed by atoms with Crippen LogP contribution in [0.25, 0.3) is 0 Å². The summed E-state index contributed by atoms with van der Waals surface area (Å²) in [5.41, 5.74) is 4.53. The molecule has 46 heavy (non-hydrogen) atoms. The van der Waals surface area contributed by atoms with Crippen LogP contribution in [0, 0.1) is 0 Å². The molecule has 0 radical (unpaired) electrons. The molecule has 0 bridgehead atoms. The van der Waals surface area contributed by atoms with Crippen LogP contribution in [0.5, 0.6) is 0 Å². The SMILES string of the molecule is O=C(CCCCCCO)Cc1ccc(CCC(=O)c2ccc(C(=O)NCc3ccc(NC(=O)NCCCCCO)cc3)cc2)cc1. The fourth-order valence-electron chi connectivity index (χ4n) is 4.92. The van der Waals surface area contributed by atoms with Gasteiger partial charge in [-0.1, -0.05) is 61.4 Å². The Hall–Kier alpha value is -4.34. The molecular weight excluding hydrogens is 582 g/mol. The van der Waals surface area contributed by atoms with Crippen LogP contribution >= 0.6 is 0 Å². The van der Waals surface area contributed by atoms with Crippen molar-refractivity contribution in [3.05, 3.63) is 101 Å². The van der Waals surface area contributed by atoms with E-state index < -0.39 is 0 Å². The number of hydrogen-bond donors (Lipinski definition) is 5. The van der Waals surface area contributed by atoms with E-state index in [4.69, 9.17) is 10.2 Å². The van der Waals surface area contributed by atoms with Crippen LogP contribution < -0.4 is 16.0 Å². The lowest BCUT2D eigenvalue weighted by Gasteiger charge is -2.09. The zero-order chi connectivity index (χ0) is 33.0. The van der Waals surface area contributed by atoms with Crippen molar-refractivity contribution >= 4 is 29.2 Å². The second-order valence-corrected chi connectivity index (χ2v) is 11.5. The largest absolute Gasteiger partial charge is 0.396 e. The van der Waals surface area contributed by atoms with Crippen molar-refractivity contribution in [3.63, 3.8) is 0 Å². The lowest BCUT2D eigenvalue weighted by Crippen LogP contribution is -2.29. The molecule has 0 saturated carbocycles. The Bertz CT molecular complexity index is 1270. The molecule has 5 N–H and O–H groups in total. The summed E-state index contributed by atoms with van der Waals surface area (Å²) in [7, 11) is 0. The molecule has 9 heteroatoms. The van der Waals surface area contributed by atoms with Gasteiger partial charge in [-0.3, -0.25) is 14.4 Å². The number of unbranched alkanes of at least 4 members (excludes halogenated alkanes) is 5. The maximum absolute atomic E-state index is 12.8. The molecule has 0 saturated heterocycles. The van der Waals surface area contributed by atoms with Gasteiger partial charge in [0.05, 0.1) is 0 Å². The second-order valence-electron chi connectivity index (χ2n) is 11.5. The van der Waals surface area contributed by atoms with Crippen LogP contribution in [0.4, 0.5) is 10.5 Å². The number of amides is 3. The third kappa shape index (κ3) is 13.7. The van der Waals surface area contributed by atoms with Crippen molar-refractivity contribution < 1.29 is 29.4 Å². The highest BCUT2D eigenvalue weighted by atomic mass is 16.3. The van der Waals surface area contributed by atoms with Gasteiger partial charge in [-0.25, -0.2) is 4.79 Å². The van der Waals surface area contributed by atoms with Gasteiger partial charge in [0.15, 0.2) is 5.78 Å². The Balaban J connectivity index is 1.36. The average Bonchev–Trinajstić information content (AvgIpc) is 3.07. The van der Waals surface area contributed by atoms with E-state index in [-0.39, 0.29) is 36.7 Å². The summed E-state index contributed by atoms with van der Waals surface area (Å²) < 4.78 is 0. The zero-order valence-corrected chi connectivity index (χ0v) is 26.6. The third-order valence-corrected chi connectivity index (χ3v) is 7.68. The number of aryl methyl sites for hydroxylation is 1. The highest BCUT2D eigenvalue weighted by Gasteiger charge is 2.11. The summed E-state index contributed by atoms with van der Waals surface area (Å²) in [6.07, 6.45) is 7.85. The highest BCUT2D eigenvalue weighted by Crippen LogP contribution is 2.14. The molecule has 9 nitrogen and oxygen atoms in total. The van der Waals surface area contributed by atoms with Gasteiger partial charge in [0.1, 0.15) is 5.78 Å². The van der Waals surface area contributed by atoms with Crippen molar-refractivity contribution in [2.75, 3.05) is 25.1 Å². The molecular formula is C37H47N3O6. The molecule has 3 amide bonds. The number of aliphatic hydroxyl groups excluding tert-OH is 2. The zero-order valence-electron chi connectivity index (χ0n) is 26.6. The van der Waals surface area contributed by atoms with Gasteiger partial charge in [0, 0.05) is 62.4 Å². The number of carbonyl (C=O) groups is 4. The topological polar surface area (TPSA) is 145 Å². The van der Waals surface area contributed by atoms with Crippen molar-refractivity contribution in [3.8, 4) is 0 Å². The highest BCUT2D eigenvalue weighted by molar-refractivity contribution is 5.99. The monoisotopic (exact) mass is 629 g/mol. The number of rotatable bonds is 21. The Kier molecular flexibility index (Phi) is 16.2. The maximum Gasteiger partial charge on any atom is 0.319 e. The summed E-state index contributed by atoms with van der Waals surface area (Å²) in [5, 5.41) is 26.1. The van der Waals surface area contributed by atoms with Gasteiger partial charge < -0.3 is 26.2 Å². The first-order valence-electron chi connectivity index (χ1n) is 16.2. The number of carbonyl (C=O) groups excluding carboxylic acids is 4. The number of benzene rings is 3. The standard InChI is InChI=1S/C37H47N3O6/c41-24-6-2-1-4-8-34(43)26-29-11-9-28(10-12-29)15-22-35(44)31-16-18-32(19-17-31)36(45)39-27-30-13-20-33(21-14-30)40-37(46)38-23-5-3-7-25-42/h9-14,16-21,41-42H,1-8,15,22-27H2,(H,39,45)(H2,38,40,46). The smallest absolute Gasteiger partial charge is 0.319 e. The minimum atomic E-state index is -0.288. The van der Waals surface area contributed by atoms with Crippen LogP contribution in [0.2, 0.25) is 0 Å². The number of urea groups is 1. The van der Waals surface area contributed by atoms with Gasteiger partial charge >= 0.3 is 6.03 Å². The van der Waals surface area contributed by atoms with Crippen molar-refractivity contribution in [1.29, 1.82) is 0 Å². The molecule has 0 aliphatic carbocycles. The van der Waals surface area contributed by atoms with E-state index in [0.29, 0.717) is 55.6 Å². The molecule has 0 atom stereocenters. The minimum absolute atomic E-state index is 0.00325.